The number of benzene rings is 2. The van der Waals surface area contributed by atoms with Gasteiger partial charge < -0.3 is 24.4 Å². The normalized spacial score (nSPS) is 16.7. The molecule has 0 bridgehead atoms. The standard InChI is InChI=1S/C22H19N3O4/c1-27-16-7-4-14(5-8-16)12-25-21(20-17(22(25)26)3-2-10-23-20)24-15-6-9-18-19(11-15)29-13-28-18/h2-11,21,24H,12-13H2,1H3. The minimum Gasteiger partial charge on any atom is -0.497 e. The summed E-state index contributed by atoms with van der Waals surface area (Å²) in [5.74, 6) is 2.12. The van der Waals surface area contributed by atoms with Gasteiger partial charge in [-0.2, -0.15) is 0 Å². The summed E-state index contributed by atoms with van der Waals surface area (Å²) in [7, 11) is 1.63. The summed E-state index contributed by atoms with van der Waals surface area (Å²) in [6.07, 6.45) is 1.32. The number of nitrogens with zero attached hydrogens (tertiary/aromatic N) is 2. The lowest BCUT2D eigenvalue weighted by molar-refractivity contribution is 0.0728. The number of pyridine rings is 1. The minimum absolute atomic E-state index is 0.0536. The van der Waals surface area contributed by atoms with Crippen molar-refractivity contribution in [2.24, 2.45) is 0 Å². The number of amides is 1. The number of rotatable bonds is 5. The molecule has 0 fully saturated rings. The van der Waals surface area contributed by atoms with Gasteiger partial charge in [0.25, 0.3) is 5.91 Å². The van der Waals surface area contributed by atoms with Crippen LogP contribution in [0.4, 0.5) is 5.69 Å². The van der Waals surface area contributed by atoms with Crippen LogP contribution in [0.3, 0.4) is 0 Å². The maximum Gasteiger partial charge on any atom is 0.258 e. The molecule has 29 heavy (non-hydrogen) atoms. The second-order valence-corrected chi connectivity index (χ2v) is 6.83. The zero-order valence-electron chi connectivity index (χ0n) is 15.8. The van der Waals surface area contributed by atoms with Gasteiger partial charge in [0.15, 0.2) is 11.5 Å². The molecule has 0 radical (unpaired) electrons. The van der Waals surface area contributed by atoms with Crippen LogP contribution in [0.15, 0.2) is 60.8 Å². The van der Waals surface area contributed by atoms with Crippen molar-refractivity contribution in [2.75, 3.05) is 19.2 Å². The van der Waals surface area contributed by atoms with Gasteiger partial charge in [-0.15, -0.1) is 0 Å². The monoisotopic (exact) mass is 389 g/mol. The number of carbonyl (C=O) groups is 1. The van der Waals surface area contributed by atoms with Gasteiger partial charge in [0.1, 0.15) is 11.9 Å². The van der Waals surface area contributed by atoms with Gasteiger partial charge in [-0.1, -0.05) is 12.1 Å². The van der Waals surface area contributed by atoms with Gasteiger partial charge in [0, 0.05) is 24.5 Å². The number of fused-ring (bicyclic) bond motifs is 2. The van der Waals surface area contributed by atoms with Crippen LogP contribution in [-0.2, 0) is 6.54 Å². The van der Waals surface area contributed by atoms with Crippen molar-refractivity contribution in [3.05, 3.63) is 77.6 Å². The molecule has 0 saturated carbocycles. The van der Waals surface area contributed by atoms with Crippen molar-refractivity contribution in [3.63, 3.8) is 0 Å². The second kappa shape index (κ2) is 7.01. The summed E-state index contributed by atoms with van der Waals surface area (Å²) in [5.41, 5.74) is 3.15. The number of hydrogen-bond donors (Lipinski definition) is 1. The molecule has 3 aromatic rings. The van der Waals surface area contributed by atoms with E-state index in [-0.39, 0.29) is 18.9 Å². The molecule has 2 aliphatic rings. The average molecular weight is 389 g/mol. The van der Waals surface area contributed by atoms with Crippen LogP contribution in [0.25, 0.3) is 0 Å². The molecule has 0 aliphatic carbocycles. The molecule has 2 aliphatic heterocycles. The summed E-state index contributed by atoms with van der Waals surface area (Å²) in [6.45, 7) is 0.663. The first-order chi connectivity index (χ1) is 14.2. The van der Waals surface area contributed by atoms with Gasteiger partial charge in [0.2, 0.25) is 6.79 Å². The summed E-state index contributed by atoms with van der Waals surface area (Å²) >= 11 is 0. The van der Waals surface area contributed by atoms with Crippen LogP contribution in [0.1, 0.15) is 27.8 Å². The number of anilines is 1. The smallest absolute Gasteiger partial charge is 0.258 e. The lowest BCUT2D eigenvalue weighted by atomic mass is 10.2. The number of carbonyl (C=O) groups excluding carboxylic acids is 1. The Balaban J connectivity index is 1.46. The van der Waals surface area contributed by atoms with E-state index in [9.17, 15) is 4.79 Å². The van der Waals surface area contributed by atoms with E-state index in [0.717, 1.165) is 17.0 Å². The van der Waals surface area contributed by atoms with E-state index in [1.807, 2.05) is 48.5 Å². The Labute approximate surface area is 167 Å². The first kappa shape index (κ1) is 17.4. The van der Waals surface area contributed by atoms with Crippen LogP contribution in [-0.4, -0.2) is 29.7 Å². The number of aromatic nitrogens is 1. The molecule has 7 heteroatoms. The number of methoxy groups -OCH3 is 1. The largest absolute Gasteiger partial charge is 0.497 e. The third-order valence-electron chi connectivity index (χ3n) is 5.09. The second-order valence-electron chi connectivity index (χ2n) is 6.83. The van der Waals surface area contributed by atoms with Crippen LogP contribution >= 0.6 is 0 Å². The first-order valence-electron chi connectivity index (χ1n) is 9.28. The average Bonchev–Trinajstić information content (AvgIpc) is 3.33. The van der Waals surface area contributed by atoms with Crippen molar-refractivity contribution < 1.29 is 19.0 Å². The number of hydrogen-bond acceptors (Lipinski definition) is 6. The lowest BCUT2D eigenvalue weighted by Gasteiger charge is -2.26. The molecule has 1 aromatic heterocycles. The van der Waals surface area contributed by atoms with E-state index in [4.69, 9.17) is 14.2 Å². The molecule has 1 N–H and O–H groups in total. The van der Waals surface area contributed by atoms with Crippen molar-refractivity contribution in [1.29, 1.82) is 0 Å². The Morgan fingerprint density at radius 1 is 1.14 bits per heavy atom. The highest BCUT2D eigenvalue weighted by molar-refractivity contribution is 5.98. The van der Waals surface area contributed by atoms with E-state index < -0.39 is 0 Å². The Morgan fingerprint density at radius 2 is 1.97 bits per heavy atom. The van der Waals surface area contributed by atoms with Gasteiger partial charge in [-0.05, 0) is 42.0 Å². The molecule has 1 unspecified atom stereocenters. The van der Waals surface area contributed by atoms with E-state index in [1.54, 1.807) is 24.3 Å². The van der Waals surface area contributed by atoms with Gasteiger partial charge in [0.05, 0.1) is 18.4 Å². The third kappa shape index (κ3) is 3.10. The fraction of sp³-hybridized carbons (Fsp3) is 0.182. The molecule has 7 nitrogen and oxygen atoms in total. The Morgan fingerprint density at radius 3 is 2.79 bits per heavy atom. The zero-order chi connectivity index (χ0) is 19.8. The molecular weight excluding hydrogens is 370 g/mol. The van der Waals surface area contributed by atoms with Crippen LogP contribution < -0.4 is 19.5 Å². The predicted octanol–water partition coefficient (Wildman–Crippen LogP) is 3.59. The summed E-state index contributed by atoms with van der Waals surface area (Å²) in [4.78, 5) is 19.3. The maximum absolute atomic E-state index is 13.1. The molecule has 1 amide bonds. The Kier molecular flexibility index (Phi) is 4.20. The molecule has 2 aromatic carbocycles. The van der Waals surface area contributed by atoms with Gasteiger partial charge >= 0.3 is 0 Å². The van der Waals surface area contributed by atoms with Gasteiger partial charge in [-0.25, -0.2) is 0 Å². The SMILES string of the molecule is COc1ccc(CN2C(=O)c3cccnc3C2Nc2ccc3c(c2)OCO3)cc1. The van der Waals surface area contributed by atoms with Crippen molar-refractivity contribution in [2.45, 2.75) is 12.7 Å². The Bertz CT molecular complexity index is 1070. The number of nitrogens with one attached hydrogen (secondary N) is 1. The van der Waals surface area contributed by atoms with Crippen molar-refractivity contribution in [1.82, 2.24) is 9.88 Å². The number of ether oxygens (including phenoxy) is 3. The minimum atomic E-state index is -0.388. The highest BCUT2D eigenvalue weighted by Crippen LogP contribution is 2.38. The molecule has 3 heterocycles. The fourth-order valence-electron chi connectivity index (χ4n) is 3.62. The summed E-state index contributed by atoms with van der Waals surface area (Å²) in [5, 5.41) is 3.43. The zero-order valence-corrected chi connectivity index (χ0v) is 15.8. The van der Waals surface area contributed by atoms with E-state index in [2.05, 4.69) is 10.3 Å². The van der Waals surface area contributed by atoms with Crippen molar-refractivity contribution >= 4 is 11.6 Å². The lowest BCUT2D eigenvalue weighted by Crippen LogP contribution is -2.32. The molecule has 1 atom stereocenters. The quantitative estimate of drug-likeness (QED) is 0.719. The maximum atomic E-state index is 13.1. The van der Waals surface area contributed by atoms with E-state index in [1.165, 1.54) is 0 Å². The highest BCUT2D eigenvalue weighted by atomic mass is 16.7. The molecule has 146 valence electrons. The predicted molar refractivity (Wildman–Crippen MR) is 106 cm³/mol. The molecule has 0 spiro atoms. The van der Waals surface area contributed by atoms with Crippen LogP contribution in [0.5, 0.6) is 17.2 Å². The van der Waals surface area contributed by atoms with E-state index in [0.29, 0.717) is 29.3 Å². The summed E-state index contributed by atoms with van der Waals surface area (Å²) in [6, 6.07) is 16.9. The van der Waals surface area contributed by atoms with Crippen LogP contribution in [0.2, 0.25) is 0 Å². The van der Waals surface area contributed by atoms with Crippen molar-refractivity contribution in [3.8, 4) is 17.2 Å². The molecule has 5 rings (SSSR count). The van der Waals surface area contributed by atoms with Crippen LogP contribution in [0, 0.1) is 0 Å². The first-order valence-corrected chi connectivity index (χ1v) is 9.28. The topological polar surface area (TPSA) is 72.9 Å². The third-order valence-corrected chi connectivity index (χ3v) is 5.09. The molecular formula is C22H19N3O4. The summed E-state index contributed by atoms with van der Waals surface area (Å²) < 4.78 is 16.1. The van der Waals surface area contributed by atoms with E-state index >= 15 is 0 Å². The Hall–Kier alpha value is -3.74. The highest BCUT2D eigenvalue weighted by Gasteiger charge is 2.38. The fourth-order valence-corrected chi connectivity index (χ4v) is 3.62. The van der Waals surface area contributed by atoms with Gasteiger partial charge in [-0.3, -0.25) is 9.78 Å². The molecule has 0 saturated heterocycles.